The van der Waals surface area contributed by atoms with Crippen LogP contribution in [0.4, 0.5) is 0 Å². The van der Waals surface area contributed by atoms with Crippen molar-refractivity contribution in [1.82, 2.24) is 19.7 Å². The number of aromatic nitrogens is 3. The molecule has 2 N–H and O–H groups in total. The topological polar surface area (TPSA) is 125 Å². The van der Waals surface area contributed by atoms with Crippen LogP contribution in [0.25, 0.3) is 22.4 Å². The number of hydrogen-bond acceptors (Lipinski definition) is 6. The molecule has 2 aromatic carbocycles. The summed E-state index contributed by atoms with van der Waals surface area (Å²) in [7, 11) is -3.75. The molecule has 0 spiro atoms. The van der Waals surface area contributed by atoms with Crippen molar-refractivity contribution in [2.24, 2.45) is 0 Å². The summed E-state index contributed by atoms with van der Waals surface area (Å²) in [6, 6.07) is 11.7. The standard InChI is InChI=1S/C19H17ClN4O5S/c20-15-6-5-14(11-16(15)30(27,28)24-7-9-29-10-8-24)12-1-3-13(4-2-12)17-18(19(25)26)22-23-21-17/h1-6,11H,7-10H2,(H,25,26)(H,21,22,23). The van der Waals surface area contributed by atoms with Crippen molar-refractivity contribution >= 4 is 27.6 Å². The number of sulfonamides is 1. The van der Waals surface area contributed by atoms with Crippen LogP contribution < -0.4 is 0 Å². The van der Waals surface area contributed by atoms with E-state index < -0.39 is 16.0 Å². The molecule has 2 heterocycles. The molecule has 156 valence electrons. The molecular formula is C19H17ClN4O5S. The maximum Gasteiger partial charge on any atom is 0.358 e. The van der Waals surface area contributed by atoms with Crippen molar-refractivity contribution in [2.45, 2.75) is 4.90 Å². The van der Waals surface area contributed by atoms with Crippen molar-refractivity contribution in [1.29, 1.82) is 0 Å². The molecule has 0 aliphatic carbocycles. The second-order valence-corrected chi connectivity index (χ2v) is 8.88. The highest BCUT2D eigenvalue weighted by Gasteiger charge is 2.28. The van der Waals surface area contributed by atoms with Gasteiger partial charge in [0.05, 0.1) is 18.2 Å². The number of nitrogens with one attached hydrogen (secondary N) is 1. The number of benzene rings is 2. The first-order valence-electron chi connectivity index (χ1n) is 9.00. The Labute approximate surface area is 177 Å². The molecule has 0 amide bonds. The van der Waals surface area contributed by atoms with E-state index in [4.69, 9.17) is 16.3 Å². The minimum absolute atomic E-state index is 0.0392. The van der Waals surface area contributed by atoms with Gasteiger partial charge in [-0.15, -0.1) is 5.10 Å². The average molecular weight is 449 g/mol. The van der Waals surface area contributed by atoms with Crippen molar-refractivity contribution < 1.29 is 23.1 Å². The lowest BCUT2D eigenvalue weighted by Crippen LogP contribution is -2.40. The summed E-state index contributed by atoms with van der Waals surface area (Å²) in [6.07, 6.45) is 0. The number of aromatic amines is 1. The van der Waals surface area contributed by atoms with Gasteiger partial charge in [-0.2, -0.15) is 14.6 Å². The third kappa shape index (κ3) is 3.82. The Kier molecular flexibility index (Phi) is 5.56. The summed E-state index contributed by atoms with van der Waals surface area (Å²) in [5.74, 6) is -1.18. The molecule has 1 saturated heterocycles. The second kappa shape index (κ2) is 8.15. The van der Waals surface area contributed by atoms with Gasteiger partial charge in [0.15, 0.2) is 5.69 Å². The first kappa shape index (κ1) is 20.5. The summed E-state index contributed by atoms with van der Waals surface area (Å²) in [5.41, 5.74) is 2.03. The van der Waals surface area contributed by atoms with E-state index in [1.807, 2.05) is 0 Å². The van der Waals surface area contributed by atoms with E-state index in [-0.39, 0.29) is 34.4 Å². The first-order chi connectivity index (χ1) is 14.4. The molecule has 1 aliphatic heterocycles. The third-order valence-corrected chi connectivity index (χ3v) is 7.14. The van der Waals surface area contributed by atoms with Crippen molar-refractivity contribution in [3.8, 4) is 22.4 Å². The predicted molar refractivity (Wildman–Crippen MR) is 109 cm³/mol. The summed E-state index contributed by atoms with van der Waals surface area (Å²) in [5, 5.41) is 19.2. The van der Waals surface area contributed by atoms with Gasteiger partial charge >= 0.3 is 5.97 Å². The molecule has 3 aromatic rings. The first-order valence-corrected chi connectivity index (χ1v) is 10.8. The minimum Gasteiger partial charge on any atom is -0.476 e. The fourth-order valence-electron chi connectivity index (χ4n) is 3.21. The molecule has 1 aliphatic rings. The van der Waals surface area contributed by atoms with E-state index in [0.717, 1.165) is 5.56 Å². The molecular weight excluding hydrogens is 432 g/mol. The average Bonchev–Trinajstić information content (AvgIpc) is 3.25. The van der Waals surface area contributed by atoms with E-state index in [9.17, 15) is 18.3 Å². The van der Waals surface area contributed by atoms with Crippen LogP contribution in [0.15, 0.2) is 47.4 Å². The summed E-state index contributed by atoms with van der Waals surface area (Å²) in [6.45, 7) is 1.25. The Bertz CT molecular complexity index is 1190. The third-order valence-electron chi connectivity index (χ3n) is 4.76. The van der Waals surface area contributed by atoms with Crippen LogP contribution in [0.2, 0.25) is 5.02 Å². The normalized spacial score (nSPS) is 15.2. The predicted octanol–water partition coefficient (Wildman–Crippen LogP) is 2.51. The molecule has 30 heavy (non-hydrogen) atoms. The van der Waals surface area contributed by atoms with E-state index >= 15 is 0 Å². The number of nitrogens with zero attached hydrogens (tertiary/aromatic N) is 3. The van der Waals surface area contributed by atoms with Gasteiger partial charge in [-0.05, 0) is 23.3 Å². The van der Waals surface area contributed by atoms with Crippen LogP contribution in [0, 0.1) is 0 Å². The van der Waals surface area contributed by atoms with Gasteiger partial charge in [0, 0.05) is 18.7 Å². The fraction of sp³-hybridized carbons (Fsp3) is 0.211. The molecule has 0 unspecified atom stereocenters. The molecule has 1 aromatic heterocycles. The number of carbonyl (C=O) groups is 1. The van der Waals surface area contributed by atoms with Crippen LogP contribution in [0.1, 0.15) is 10.5 Å². The SMILES string of the molecule is O=C(O)c1n[nH]nc1-c1ccc(-c2ccc(Cl)c(S(=O)(=O)N3CCOCC3)c2)cc1. The molecule has 9 nitrogen and oxygen atoms in total. The lowest BCUT2D eigenvalue weighted by atomic mass is 10.0. The van der Waals surface area contributed by atoms with Crippen LogP contribution >= 0.6 is 11.6 Å². The number of H-pyrrole nitrogens is 1. The Morgan fingerprint density at radius 1 is 1.03 bits per heavy atom. The zero-order chi connectivity index (χ0) is 21.3. The van der Waals surface area contributed by atoms with Gasteiger partial charge in [-0.25, -0.2) is 13.2 Å². The lowest BCUT2D eigenvalue weighted by Gasteiger charge is -2.26. The monoisotopic (exact) mass is 448 g/mol. The van der Waals surface area contributed by atoms with Crippen LogP contribution in [-0.4, -0.2) is 65.5 Å². The molecule has 0 atom stereocenters. The number of carboxylic acid groups (broad SMARTS) is 1. The molecule has 11 heteroatoms. The number of halogens is 1. The Balaban J connectivity index is 1.67. The van der Waals surface area contributed by atoms with Crippen LogP contribution in [-0.2, 0) is 14.8 Å². The highest BCUT2D eigenvalue weighted by Crippen LogP contribution is 2.31. The van der Waals surface area contributed by atoms with E-state index in [2.05, 4.69) is 15.4 Å². The highest BCUT2D eigenvalue weighted by molar-refractivity contribution is 7.89. The second-order valence-electron chi connectivity index (χ2n) is 6.56. The lowest BCUT2D eigenvalue weighted by molar-refractivity contribution is 0.0691. The van der Waals surface area contributed by atoms with Gasteiger partial charge in [-0.1, -0.05) is 41.9 Å². The smallest absolute Gasteiger partial charge is 0.358 e. The quantitative estimate of drug-likeness (QED) is 0.614. The maximum absolute atomic E-state index is 13.0. The van der Waals surface area contributed by atoms with Crippen molar-refractivity contribution in [3.05, 3.63) is 53.2 Å². The van der Waals surface area contributed by atoms with Crippen LogP contribution in [0.3, 0.4) is 0 Å². The number of ether oxygens (including phenoxy) is 1. The molecule has 0 saturated carbocycles. The van der Waals surface area contributed by atoms with Crippen molar-refractivity contribution in [2.75, 3.05) is 26.3 Å². The fourth-order valence-corrected chi connectivity index (χ4v) is 5.12. The molecule has 0 bridgehead atoms. The Morgan fingerprint density at radius 3 is 2.33 bits per heavy atom. The molecule has 0 radical (unpaired) electrons. The van der Waals surface area contributed by atoms with E-state index in [1.165, 1.54) is 4.31 Å². The van der Waals surface area contributed by atoms with E-state index in [0.29, 0.717) is 24.3 Å². The Morgan fingerprint density at radius 2 is 1.67 bits per heavy atom. The summed E-state index contributed by atoms with van der Waals surface area (Å²) < 4.78 is 32.6. The van der Waals surface area contributed by atoms with E-state index in [1.54, 1.807) is 42.5 Å². The Hall–Kier alpha value is -2.79. The zero-order valence-corrected chi connectivity index (χ0v) is 17.2. The van der Waals surface area contributed by atoms with Gasteiger partial charge in [0.2, 0.25) is 10.0 Å². The van der Waals surface area contributed by atoms with Gasteiger partial charge in [0.25, 0.3) is 0 Å². The number of carboxylic acids is 1. The van der Waals surface area contributed by atoms with Gasteiger partial charge in [-0.3, -0.25) is 0 Å². The van der Waals surface area contributed by atoms with Crippen LogP contribution in [0.5, 0.6) is 0 Å². The largest absolute Gasteiger partial charge is 0.476 e. The maximum atomic E-state index is 13.0. The molecule has 4 rings (SSSR count). The number of rotatable bonds is 5. The molecule has 1 fully saturated rings. The van der Waals surface area contributed by atoms with Gasteiger partial charge < -0.3 is 9.84 Å². The highest BCUT2D eigenvalue weighted by atomic mass is 35.5. The number of aromatic carboxylic acids is 1. The summed E-state index contributed by atoms with van der Waals surface area (Å²) in [4.78, 5) is 11.3. The number of morpholine rings is 1. The zero-order valence-electron chi connectivity index (χ0n) is 15.6. The van der Waals surface area contributed by atoms with Crippen molar-refractivity contribution in [3.63, 3.8) is 0 Å². The number of hydrogen-bond donors (Lipinski definition) is 2. The van der Waals surface area contributed by atoms with Gasteiger partial charge in [0.1, 0.15) is 10.6 Å². The minimum atomic E-state index is -3.75. The summed E-state index contributed by atoms with van der Waals surface area (Å²) >= 11 is 6.22.